The largest absolute Gasteiger partial charge is 0.497 e. The maximum Gasteiger partial charge on any atom is 0.246 e. The Morgan fingerprint density at radius 1 is 1.03 bits per heavy atom. The number of nitrogens with zero attached hydrogens (tertiary/aromatic N) is 3. The molecule has 0 unspecified atom stereocenters. The minimum atomic E-state index is -0.506. The van der Waals surface area contributed by atoms with Crippen LogP contribution in [0.1, 0.15) is 29.3 Å². The second-order valence-electron chi connectivity index (χ2n) is 9.83. The van der Waals surface area contributed by atoms with Gasteiger partial charge in [-0.15, -0.1) is 0 Å². The lowest BCUT2D eigenvalue weighted by Crippen LogP contribution is -2.63. The molecule has 3 aliphatic heterocycles. The molecule has 188 valence electrons. The van der Waals surface area contributed by atoms with E-state index < -0.39 is 6.04 Å². The average molecular weight is 489 g/mol. The van der Waals surface area contributed by atoms with E-state index >= 15 is 0 Å². The molecular weight excluding hydrogens is 456 g/mol. The fourth-order valence-electron chi connectivity index (χ4n) is 5.96. The molecule has 6 rings (SSSR count). The first-order valence-corrected chi connectivity index (χ1v) is 12.8. The molecule has 2 fully saturated rings. The Balaban J connectivity index is 1.31. The van der Waals surface area contributed by atoms with Crippen molar-refractivity contribution in [3.63, 3.8) is 0 Å². The second kappa shape index (κ2) is 9.59. The number of para-hydroxylation sites is 1. The molecule has 1 N–H and O–H groups in total. The smallest absolute Gasteiger partial charge is 0.246 e. The number of piperazine rings is 1. The van der Waals surface area contributed by atoms with Gasteiger partial charge in [-0.25, -0.2) is 0 Å². The summed E-state index contributed by atoms with van der Waals surface area (Å²) in [7, 11) is 1.64. The zero-order chi connectivity index (χ0) is 24.6. The van der Waals surface area contributed by atoms with E-state index in [1.807, 2.05) is 41.3 Å². The summed E-state index contributed by atoms with van der Waals surface area (Å²) in [6, 6.07) is 15.1. The number of benzene rings is 2. The van der Waals surface area contributed by atoms with E-state index in [0.29, 0.717) is 13.0 Å². The third-order valence-electron chi connectivity index (χ3n) is 7.78. The molecule has 2 saturated heterocycles. The van der Waals surface area contributed by atoms with Gasteiger partial charge in [-0.2, -0.15) is 0 Å². The van der Waals surface area contributed by atoms with Gasteiger partial charge in [0.1, 0.15) is 11.8 Å². The lowest BCUT2D eigenvalue weighted by molar-refractivity contribution is -0.158. The Morgan fingerprint density at radius 2 is 1.81 bits per heavy atom. The summed E-state index contributed by atoms with van der Waals surface area (Å²) in [4.78, 5) is 37.0. The minimum Gasteiger partial charge on any atom is -0.497 e. The summed E-state index contributed by atoms with van der Waals surface area (Å²) in [6.45, 7) is 5.01. The number of carbonyl (C=O) groups excluding carboxylic acids is 2. The first-order valence-electron chi connectivity index (χ1n) is 12.8. The summed E-state index contributed by atoms with van der Waals surface area (Å²) in [6.07, 6.45) is 1.38. The number of morpholine rings is 1. The average Bonchev–Trinajstić information content (AvgIpc) is 3.29. The van der Waals surface area contributed by atoms with Crippen molar-refractivity contribution in [1.29, 1.82) is 0 Å². The fraction of sp³-hybridized carbons (Fsp3) is 0.429. The molecule has 2 aromatic carbocycles. The van der Waals surface area contributed by atoms with E-state index in [4.69, 9.17) is 9.47 Å². The lowest BCUT2D eigenvalue weighted by atomic mass is 9.86. The minimum absolute atomic E-state index is 0.00361. The van der Waals surface area contributed by atoms with Crippen LogP contribution >= 0.6 is 0 Å². The first-order chi connectivity index (χ1) is 17.6. The molecule has 3 aromatic rings. The Labute approximate surface area is 210 Å². The highest BCUT2D eigenvalue weighted by atomic mass is 16.5. The van der Waals surface area contributed by atoms with Crippen molar-refractivity contribution >= 4 is 22.7 Å². The Morgan fingerprint density at radius 3 is 2.58 bits per heavy atom. The molecule has 0 spiro atoms. The quantitative estimate of drug-likeness (QED) is 0.577. The number of rotatable bonds is 6. The fourth-order valence-corrected chi connectivity index (χ4v) is 5.96. The molecule has 3 aliphatic rings. The third-order valence-corrected chi connectivity index (χ3v) is 7.78. The number of aromatic nitrogens is 1. The van der Waals surface area contributed by atoms with Crippen molar-refractivity contribution in [1.82, 2.24) is 19.7 Å². The highest BCUT2D eigenvalue weighted by Crippen LogP contribution is 2.42. The van der Waals surface area contributed by atoms with Crippen LogP contribution in [0.25, 0.3) is 10.9 Å². The monoisotopic (exact) mass is 488 g/mol. The van der Waals surface area contributed by atoms with Crippen LogP contribution in [0.15, 0.2) is 48.5 Å². The van der Waals surface area contributed by atoms with Crippen molar-refractivity contribution in [3.8, 4) is 5.75 Å². The molecule has 0 aliphatic carbocycles. The molecule has 0 radical (unpaired) electrons. The number of nitrogens with one attached hydrogen (secondary N) is 1. The maximum absolute atomic E-state index is 13.8. The van der Waals surface area contributed by atoms with Crippen LogP contribution in [0.3, 0.4) is 0 Å². The molecular formula is C28H32N4O4. The van der Waals surface area contributed by atoms with Crippen LogP contribution < -0.4 is 4.74 Å². The van der Waals surface area contributed by atoms with Gasteiger partial charge < -0.3 is 24.3 Å². The molecule has 36 heavy (non-hydrogen) atoms. The Kier molecular flexibility index (Phi) is 6.15. The van der Waals surface area contributed by atoms with Gasteiger partial charge >= 0.3 is 0 Å². The van der Waals surface area contributed by atoms with Crippen LogP contribution in [-0.2, 0) is 20.7 Å². The predicted octanol–water partition coefficient (Wildman–Crippen LogP) is 2.58. The number of hydrogen-bond acceptors (Lipinski definition) is 5. The first kappa shape index (κ1) is 23.1. The second-order valence-corrected chi connectivity index (χ2v) is 9.83. The lowest BCUT2D eigenvalue weighted by Gasteiger charge is -2.47. The normalized spacial score (nSPS) is 22.6. The van der Waals surface area contributed by atoms with E-state index in [1.165, 1.54) is 0 Å². The zero-order valence-corrected chi connectivity index (χ0v) is 20.6. The number of H-pyrrole nitrogens is 1. The van der Waals surface area contributed by atoms with Crippen LogP contribution in [0.4, 0.5) is 0 Å². The van der Waals surface area contributed by atoms with E-state index in [1.54, 1.807) is 12.0 Å². The topological polar surface area (TPSA) is 78.1 Å². The standard InChI is InChI=1S/C28H32N4O4/c1-35-20-9-7-19(8-10-20)27-26-22(21-5-2-3-6-23(21)29-26)17-24-28(34)31(18-25(33)32(24)27)12-4-11-30-13-15-36-16-14-30/h2-3,5-10,24,27,29H,4,11-18H2,1H3/t24-,27-/m0/s1. The van der Waals surface area contributed by atoms with Gasteiger partial charge in [0.25, 0.3) is 0 Å². The van der Waals surface area contributed by atoms with Gasteiger partial charge in [0.15, 0.2) is 0 Å². The highest BCUT2D eigenvalue weighted by molar-refractivity contribution is 5.97. The van der Waals surface area contributed by atoms with Crippen molar-refractivity contribution < 1.29 is 19.1 Å². The summed E-state index contributed by atoms with van der Waals surface area (Å²) in [5.74, 6) is 0.803. The summed E-state index contributed by atoms with van der Waals surface area (Å²) in [5.41, 5.74) is 4.13. The number of aromatic amines is 1. The van der Waals surface area contributed by atoms with E-state index in [2.05, 4.69) is 22.0 Å². The molecule has 2 atom stereocenters. The summed E-state index contributed by atoms with van der Waals surface area (Å²) in [5, 5.41) is 1.12. The van der Waals surface area contributed by atoms with Crippen LogP contribution in [0.5, 0.6) is 5.75 Å². The third kappa shape index (κ3) is 4.04. The number of methoxy groups -OCH3 is 1. The number of ether oxygens (including phenoxy) is 2. The van der Waals surface area contributed by atoms with Gasteiger partial charge in [-0.05, 0) is 35.7 Å². The van der Waals surface area contributed by atoms with E-state index in [0.717, 1.165) is 72.7 Å². The van der Waals surface area contributed by atoms with Crippen LogP contribution in [-0.4, -0.2) is 90.6 Å². The number of amides is 2. The molecule has 1 aromatic heterocycles. The molecule has 8 heteroatoms. The molecule has 0 bridgehead atoms. The van der Waals surface area contributed by atoms with Gasteiger partial charge in [-0.3, -0.25) is 14.5 Å². The van der Waals surface area contributed by atoms with Gasteiger partial charge in [0, 0.05) is 49.2 Å². The highest BCUT2D eigenvalue weighted by Gasteiger charge is 2.48. The van der Waals surface area contributed by atoms with Gasteiger partial charge in [0.05, 0.1) is 32.9 Å². The van der Waals surface area contributed by atoms with Crippen molar-refractivity contribution in [2.45, 2.75) is 24.9 Å². The Hall–Kier alpha value is -3.36. The number of carbonyl (C=O) groups is 2. The summed E-state index contributed by atoms with van der Waals surface area (Å²) >= 11 is 0. The number of fused-ring (bicyclic) bond motifs is 4. The van der Waals surface area contributed by atoms with Crippen molar-refractivity contribution in [2.24, 2.45) is 0 Å². The predicted molar refractivity (Wildman–Crippen MR) is 136 cm³/mol. The van der Waals surface area contributed by atoms with E-state index in [9.17, 15) is 9.59 Å². The molecule has 8 nitrogen and oxygen atoms in total. The SMILES string of the molecule is COc1ccc([C@H]2c3[nH]c4ccccc4c3C[C@H]3C(=O)N(CCCN4CCOCC4)CC(=O)N23)cc1. The maximum atomic E-state index is 13.8. The Bertz CT molecular complexity index is 1260. The zero-order valence-electron chi connectivity index (χ0n) is 20.6. The molecule has 0 saturated carbocycles. The van der Waals surface area contributed by atoms with Gasteiger partial charge in [0.2, 0.25) is 11.8 Å². The summed E-state index contributed by atoms with van der Waals surface area (Å²) < 4.78 is 10.8. The van der Waals surface area contributed by atoms with Gasteiger partial charge in [-0.1, -0.05) is 30.3 Å². The van der Waals surface area contributed by atoms with Crippen molar-refractivity contribution in [2.75, 3.05) is 53.0 Å². The van der Waals surface area contributed by atoms with Crippen LogP contribution in [0.2, 0.25) is 0 Å². The van der Waals surface area contributed by atoms with Crippen molar-refractivity contribution in [3.05, 3.63) is 65.4 Å². The molecule has 4 heterocycles. The van der Waals surface area contributed by atoms with Crippen LogP contribution in [0, 0.1) is 0 Å². The van der Waals surface area contributed by atoms with E-state index in [-0.39, 0.29) is 24.4 Å². The molecule has 2 amide bonds. The number of hydrogen-bond donors (Lipinski definition) is 1.